The van der Waals surface area contributed by atoms with E-state index in [1.54, 1.807) is 14.2 Å². The van der Waals surface area contributed by atoms with E-state index in [2.05, 4.69) is 74.7 Å². The number of rotatable bonds is 27. The highest BCUT2D eigenvalue weighted by Gasteiger charge is 2.38. The van der Waals surface area contributed by atoms with E-state index in [1.165, 1.54) is 0 Å². The van der Waals surface area contributed by atoms with Crippen LogP contribution in [0.5, 0.6) is 0 Å². The Morgan fingerprint density at radius 2 is 0.745 bits per heavy atom. The summed E-state index contributed by atoms with van der Waals surface area (Å²) in [5.41, 5.74) is -0.345. The van der Waals surface area contributed by atoms with E-state index in [1.807, 2.05) is 0 Å². The number of ether oxygens (including phenoxy) is 7. The molecule has 9 nitrogen and oxygen atoms in total. The maximum absolute atomic E-state index is 6.48. The molecule has 0 aliphatic carbocycles. The first-order valence-electron chi connectivity index (χ1n) is 16.2. The maximum Gasteiger partial charge on any atom is 0.192 e. The van der Waals surface area contributed by atoms with Crippen molar-refractivity contribution < 1.29 is 42.0 Å². The molecule has 0 N–H and O–H groups in total. The Bertz CT molecular complexity index is 639. The quantitative estimate of drug-likeness (QED) is 0.0593. The van der Waals surface area contributed by atoms with Gasteiger partial charge in [0.05, 0.1) is 71.7 Å². The van der Waals surface area contributed by atoms with Gasteiger partial charge >= 0.3 is 0 Å². The molecule has 0 saturated carbocycles. The Labute approximate surface area is 356 Å². The standard InChI is InChI=1S/C32H70O9Si2.12CH4/c1-14-32(15-17-35-21-25-40-42(10,11)30(2,3)4,16-18-36-22-26-41-43(12,13)31(5,6)7)39-24-20-37-19-23-38-29(27-33-8)28-34-9;;;;;;;;;;;;/h29H,14-28H2,1-13H3;12*1H4. The minimum atomic E-state index is -1.77. The van der Waals surface area contributed by atoms with Gasteiger partial charge in [0.25, 0.3) is 0 Å². The zero-order valence-corrected chi connectivity index (χ0v) is 32.4. The van der Waals surface area contributed by atoms with Crippen molar-refractivity contribution in [1.82, 2.24) is 0 Å². The van der Waals surface area contributed by atoms with Gasteiger partial charge in [-0.1, -0.05) is 138 Å². The van der Waals surface area contributed by atoms with Gasteiger partial charge in [0.15, 0.2) is 16.6 Å². The molecule has 0 heterocycles. The molecular weight excluding hydrogens is 729 g/mol. The third-order valence-electron chi connectivity index (χ3n) is 8.96. The van der Waals surface area contributed by atoms with Gasteiger partial charge in [0.2, 0.25) is 0 Å². The van der Waals surface area contributed by atoms with Gasteiger partial charge in [-0.25, -0.2) is 0 Å². The van der Waals surface area contributed by atoms with Crippen LogP contribution in [0.15, 0.2) is 0 Å². The molecule has 0 fully saturated rings. The minimum absolute atomic E-state index is 0. The van der Waals surface area contributed by atoms with Crippen LogP contribution in [0.1, 0.15) is 157 Å². The summed E-state index contributed by atoms with van der Waals surface area (Å²) < 4.78 is 53.0. The zero-order valence-electron chi connectivity index (χ0n) is 30.4. The second kappa shape index (κ2) is 46.8. The molecule has 0 amide bonds. The highest BCUT2D eigenvalue weighted by Crippen LogP contribution is 2.37. The summed E-state index contributed by atoms with van der Waals surface area (Å²) in [5, 5.41) is 0.384. The summed E-state index contributed by atoms with van der Waals surface area (Å²) in [6.07, 6.45) is 2.33. The van der Waals surface area contributed by atoms with Crippen LogP contribution in [0.2, 0.25) is 36.3 Å². The summed E-state index contributed by atoms with van der Waals surface area (Å²) >= 11 is 0. The number of hydrogen-bond acceptors (Lipinski definition) is 9. The van der Waals surface area contributed by atoms with Crippen LogP contribution in [0, 0.1) is 0 Å². The Hall–Kier alpha value is 0.0738. The lowest BCUT2D eigenvalue weighted by Gasteiger charge is -2.36. The van der Waals surface area contributed by atoms with Crippen molar-refractivity contribution in [3.8, 4) is 0 Å². The molecule has 0 aromatic carbocycles. The average Bonchev–Trinajstić information content (AvgIpc) is 2.90. The molecule has 0 radical (unpaired) electrons. The molecular formula is C44H118O9Si2. The average molecular weight is 848 g/mol. The van der Waals surface area contributed by atoms with E-state index < -0.39 is 16.6 Å². The van der Waals surface area contributed by atoms with Crippen molar-refractivity contribution in [3.05, 3.63) is 0 Å². The fraction of sp³-hybridized carbons (Fsp3) is 1.00. The van der Waals surface area contributed by atoms with Crippen LogP contribution in [-0.2, 0) is 42.0 Å². The minimum Gasteiger partial charge on any atom is -0.414 e. The predicted octanol–water partition coefficient (Wildman–Crippen LogP) is 14.3. The highest BCUT2D eigenvalue weighted by atomic mass is 28.4. The van der Waals surface area contributed by atoms with E-state index in [0.29, 0.717) is 79.3 Å². The van der Waals surface area contributed by atoms with Crippen LogP contribution < -0.4 is 0 Å². The molecule has 11 heteroatoms. The van der Waals surface area contributed by atoms with Crippen LogP contribution in [0.25, 0.3) is 0 Å². The van der Waals surface area contributed by atoms with Crippen LogP contribution in [0.3, 0.4) is 0 Å². The van der Waals surface area contributed by atoms with Gasteiger partial charge in [0, 0.05) is 27.4 Å². The molecule has 0 aromatic rings. The largest absolute Gasteiger partial charge is 0.414 e. The van der Waals surface area contributed by atoms with Crippen LogP contribution in [-0.4, -0.2) is 122 Å². The normalized spacial score (nSPS) is 10.8. The summed E-state index contributed by atoms with van der Waals surface area (Å²) in [5.74, 6) is 0. The molecule has 0 spiro atoms. The lowest BCUT2D eigenvalue weighted by atomic mass is 9.93. The molecule has 0 rings (SSSR count). The van der Waals surface area contributed by atoms with E-state index in [9.17, 15) is 0 Å². The van der Waals surface area contributed by atoms with Crippen LogP contribution in [0.4, 0.5) is 0 Å². The third kappa shape index (κ3) is 40.6. The number of methoxy groups -OCH3 is 2. The zero-order chi connectivity index (χ0) is 33.0. The number of hydrogen-bond donors (Lipinski definition) is 0. The van der Waals surface area contributed by atoms with Gasteiger partial charge in [-0.05, 0) is 55.5 Å². The summed E-state index contributed by atoms with van der Waals surface area (Å²) in [6.45, 7) is 31.4. The molecule has 0 bridgehead atoms. The van der Waals surface area contributed by atoms with E-state index in [0.717, 1.165) is 19.3 Å². The molecule has 0 aliphatic heterocycles. The van der Waals surface area contributed by atoms with E-state index in [-0.39, 0.29) is 111 Å². The highest BCUT2D eigenvalue weighted by molar-refractivity contribution is 6.74. The second-order valence-electron chi connectivity index (χ2n) is 14.3. The van der Waals surface area contributed by atoms with Crippen molar-refractivity contribution in [3.63, 3.8) is 0 Å². The Morgan fingerprint density at radius 1 is 0.436 bits per heavy atom. The molecule has 0 saturated heterocycles. The maximum atomic E-state index is 6.48. The molecule has 55 heavy (non-hydrogen) atoms. The first kappa shape index (κ1) is 91.0. The van der Waals surface area contributed by atoms with Gasteiger partial charge in [-0.2, -0.15) is 0 Å². The fourth-order valence-electron chi connectivity index (χ4n) is 3.80. The molecule has 0 aromatic heterocycles. The fourth-order valence-corrected chi connectivity index (χ4v) is 5.85. The SMILES string of the molecule is C.C.C.C.C.C.C.C.C.C.C.C.CCC(CCOCCO[Si](C)(C)C(C)(C)C)(CCOCCO[Si](C)(C)C(C)(C)C)OCCOCCOC(COC)COC. The first-order chi connectivity index (χ1) is 20.0. The second-order valence-corrected chi connectivity index (χ2v) is 24.0. The van der Waals surface area contributed by atoms with E-state index >= 15 is 0 Å². The smallest absolute Gasteiger partial charge is 0.192 e. The molecule has 356 valence electrons. The van der Waals surface area contributed by atoms with Gasteiger partial charge in [-0.15, -0.1) is 0 Å². The predicted molar refractivity (Wildman–Crippen MR) is 261 cm³/mol. The summed E-state index contributed by atoms with van der Waals surface area (Å²) in [6, 6.07) is 0. The first-order valence-corrected chi connectivity index (χ1v) is 22.0. The van der Waals surface area contributed by atoms with Crippen molar-refractivity contribution in [1.29, 1.82) is 0 Å². The van der Waals surface area contributed by atoms with Gasteiger partial charge < -0.3 is 42.0 Å². The monoisotopic (exact) mass is 847 g/mol. The van der Waals surface area contributed by atoms with Crippen molar-refractivity contribution in [2.75, 3.05) is 93.5 Å². The van der Waals surface area contributed by atoms with Crippen molar-refractivity contribution in [2.45, 2.75) is 205 Å². The summed E-state index contributed by atoms with van der Waals surface area (Å²) in [4.78, 5) is 0. The Balaban J connectivity index is -0.000000134. The molecule has 0 unspecified atom stereocenters. The Kier molecular flexibility index (Phi) is 77.3. The summed E-state index contributed by atoms with van der Waals surface area (Å²) in [7, 11) is -0.232. The van der Waals surface area contributed by atoms with Crippen molar-refractivity contribution >= 4 is 16.6 Å². The Morgan fingerprint density at radius 3 is 1.05 bits per heavy atom. The lowest BCUT2D eigenvalue weighted by Crippen LogP contribution is -2.41. The topological polar surface area (TPSA) is 83.1 Å². The van der Waals surface area contributed by atoms with Gasteiger partial charge in [-0.3, -0.25) is 0 Å². The third-order valence-corrected chi connectivity index (χ3v) is 18.0. The van der Waals surface area contributed by atoms with Crippen molar-refractivity contribution in [2.24, 2.45) is 0 Å². The van der Waals surface area contributed by atoms with Gasteiger partial charge in [0.1, 0.15) is 6.10 Å². The molecule has 0 aliphatic rings. The lowest BCUT2D eigenvalue weighted by molar-refractivity contribution is -0.107. The molecule has 0 atom stereocenters. The van der Waals surface area contributed by atoms with Crippen LogP contribution >= 0.6 is 0 Å². The van der Waals surface area contributed by atoms with E-state index in [4.69, 9.17) is 42.0 Å².